The number of carbonyl (C=O) groups is 1. The molecule has 0 aliphatic rings. The van der Waals surface area contributed by atoms with Crippen LogP contribution in [-0.4, -0.2) is 34.3 Å². The Hall–Kier alpha value is -2.89. The standard InChI is InChI=1S/C21H27NO5/c1-7-16(14-8-9-17(24-3)13(2)10-14)22-21(23)15-11-18(25-4)20(27-6)19(12-15)26-5/h8-12,16H,7H2,1-6H3,(H,22,23)/t16-/m0/s1. The molecule has 0 fully saturated rings. The van der Waals surface area contributed by atoms with Crippen molar-refractivity contribution in [3.63, 3.8) is 0 Å². The second-order valence-corrected chi connectivity index (χ2v) is 6.08. The molecule has 2 rings (SSSR count). The van der Waals surface area contributed by atoms with Crippen LogP contribution in [0.4, 0.5) is 0 Å². The van der Waals surface area contributed by atoms with E-state index in [2.05, 4.69) is 5.32 Å². The summed E-state index contributed by atoms with van der Waals surface area (Å²) in [5.41, 5.74) is 2.49. The SMILES string of the molecule is CC[C@H](NC(=O)c1cc(OC)c(OC)c(OC)c1)c1ccc(OC)c(C)c1. The van der Waals surface area contributed by atoms with Crippen LogP contribution in [0.1, 0.15) is 40.9 Å². The van der Waals surface area contributed by atoms with Crippen LogP contribution in [0.5, 0.6) is 23.0 Å². The summed E-state index contributed by atoms with van der Waals surface area (Å²) in [7, 11) is 6.21. The van der Waals surface area contributed by atoms with Crippen molar-refractivity contribution < 1.29 is 23.7 Å². The highest BCUT2D eigenvalue weighted by molar-refractivity contribution is 5.96. The van der Waals surface area contributed by atoms with Gasteiger partial charge in [0.2, 0.25) is 5.75 Å². The third-order valence-corrected chi connectivity index (χ3v) is 4.46. The van der Waals surface area contributed by atoms with E-state index in [1.54, 1.807) is 19.2 Å². The molecule has 2 aromatic carbocycles. The fourth-order valence-corrected chi connectivity index (χ4v) is 2.99. The number of rotatable bonds is 8. The number of hydrogen-bond donors (Lipinski definition) is 1. The average Bonchev–Trinajstić information content (AvgIpc) is 2.70. The Labute approximate surface area is 160 Å². The zero-order valence-electron chi connectivity index (χ0n) is 16.7. The van der Waals surface area contributed by atoms with Gasteiger partial charge in [-0.3, -0.25) is 4.79 Å². The molecule has 1 atom stereocenters. The molecule has 0 saturated heterocycles. The summed E-state index contributed by atoms with van der Waals surface area (Å²) in [6, 6.07) is 9.07. The van der Waals surface area contributed by atoms with Gasteiger partial charge in [-0.1, -0.05) is 19.1 Å². The number of ether oxygens (including phenoxy) is 4. The van der Waals surface area contributed by atoms with E-state index >= 15 is 0 Å². The molecule has 2 aromatic rings. The molecule has 0 saturated carbocycles. The predicted molar refractivity (Wildman–Crippen MR) is 104 cm³/mol. The van der Waals surface area contributed by atoms with Crippen molar-refractivity contribution in [3.05, 3.63) is 47.0 Å². The lowest BCUT2D eigenvalue weighted by atomic mass is 10.0. The van der Waals surface area contributed by atoms with Crippen molar-refractivity contribution in [3.8, 4) is 23.0 Å². The van der Waals surface area contributed by atoms with Gasteiger partial charge in [-0.15, -0.1) is 0 Å². The van der Waals surface area contributed by atoms with Gasteiger partial charge in [0.1, 0.15) is 5.75 Å². The first kappa shape index (κ1) is 20.4. The van der Waals surface area contributed by atoms with E-state index in [0.29, 0.717) is 22.8 Å². The number of hydrogen-bond acceptors (Lipinski definition) is 5. The van der Waals surface area contributed by atoms with Crippen molar-refractivity contribution in [1.29, 1.82) is 0 Å². The highest BCUT2D eigenvalue weighted by atomic mass is 16.5. The van der Waals surface area contributed by atoms with Crippen molar-refractivity contribution in [2.45, 2.75) is 26.3 Å². The van der Waals surface area contributed by atoms with E-state index < -0.39 is 0 Å². The molecule has 0 bridgehead atoms. The monoisotopic (exact) mass is 373 g/mol. The molecule has 6 nitrogen and oxygen atoms in total. The topological polar surface area (TPSA) is 66.0 Å². The fourth-order valence-electron chi connectivity index (χ4n) is 2.99. The largest absolute Gasteiger partial charge is 0.496 e. The van der Waals surface area contributed by atoms with Crippen LogP contribution in [-0.2, 0) is 0 Å². The van der Waals surface area contributed by atoms with Crippen molar-refractivity contribution in [1.82, 2.24) is 5.32 Å². The van der Waals surface area contributed by atoms with Crippen LogP contribution in [0.3, 0.4) is 0 Å². The lowest BCUT2D eigenvalue weighted by molar-refractivity contribution is 0.0934. The number of benzene rings is 2. The molecule has 0 heterocycles. The minimum absolute atomic E-state index is 0.124. The van der Waals surface area contributed by atoms with Gasteiger partial charge in [-0.2, -0.15) is 0 Å². The molecule has 0 spiro atoms. The van der Waals surface area contributed by atoms with Gasteiger partial charge in [0.05, 0.1) is 34.5 Å². The first-order valence-corrected chi connectivity index (χ1v) is 8.74. The Bertz CT molecular complexity index is 778. The molecule has 0 aliphatic carbocycles. The summed E-state index contributed by atoms with van der Waals surface area (Å²) in [5, 5.41) is 3.07. The van der Waals surface area contributed by atoms with Gasteiger partial charge < -0.3 is 24.3 Å². The lowest BCUT2D eigenvalue weighted by Crippen LogP contribution is -2.28. The van der Waals surface area contributed by atoms with Gasteiger partial charge >= 0.3 is 0 Å². The lowest BCUT2D eigenvalue weighted by Gasteiger charge is -2.20. The second kappa shape index (κ2) is 9.16. The first-order chi connectivity index (χ1) is 13.0. The van der Waals surface area contributed by atoms with Crippen LogP contribution in [0, 0.1) is 6.92 Å². The summed E-state index contributed by atoms with van der Waals surface area (Å²) >= 11 is 0. The van der Waals surface area contributed by atoms with Crippen molar-refractivity contribution in [2.24, 2.45) is 0 Å². The van der Waals surface area contributed by atoms with E-state index in [1.165, 1.54) is 21.3 Å². The number of carbonyl (C=O) groups excluding carboxylic acids is 1. The molecule has 6 heteroatoms. The maximum absolute atomic E-state index is 12.8. The first-order valence-electron chi connectivity index (χ1n) is 8.74. The number of aryl methyl sites for hydroxylation is 1. The van der Waals surface area contributed by atoms with Gasteiger partial charge in [0.25, 0.3) is 5.91 Å². The summed E-state index contributed by atoms with van der Waals surface area (Å²) in [6.07, 6.45) is 0.752. The number of methoxy groups -OCH3 is 4. The van der Waals surface area contributed by atoms with Gasteiger partial charge in [-0.25, -0.2) is 0 Å². The maximum Gasteiger partial charge on any atom is 0.252 e. The Morgan fingerprint density at radius 1 is 0.926 bits per heavy atom. The quantitative estimate of drug-likeness (QED) is 0.760. The summed E-state index contributed by atoms with van der Waals surface area (Å²) in [6.45, 7) is 4.01. The third kappa shape index (κ3) is 4.45. The molecular weight excluding hydrogens is 346 g/mol. The van der Waals surface area contributed by atoms with Crippen LogP contribution in [0.2, 0.25) is 0 Å². The predicted octanol–water partition coefficient (Wildman–Crippen LogP) is 3.91. The van der Waals surface area contributed by atoms with E-state index in [4.69, 9.17) is 18.9 Å². The molecule has 27 heavy (non-hydrogen) atoms. The Morgan fingerprint density at radius 3 is 1.96 bits per heavy atom. The average molecular weight is 373 g/mol. The fraction of sp³-hybridized carbons (Fsp3) is 0.381. The molecule has 0 unspecified atom stereocenters. The molecule has 0 aliphatic heterocycles. The van der Waals surface area contributed by atoms with E-state index in [0.717, 1.165) is 23.3 Å². The molecular formula is C21H27NO5. The van der Waals surface area contributed by atoms with Gasteiger partial charge in [0, 0.05) is 5.56 Å². The van der Waals surface area contributed by atoms with E-state index in [1.807, 2.05) is 32.0 Å². The second-order valence-electron chi connectivity index (χ2n) is 6.08. The molecule has 1 amide bonds. The number of amides is 1. The summed E-state index contributed by atoms with van der Waals surface area (Å²) in [5.74, 6) is 1.94. The van der Waals surface area contributed by atoms with Crippen LogP contribution in [0.15, 0.2) is 30.3 Å². The molecule has 0 radical (unpaired) electrons. The maximum atomic E-state index is 12.8. The molecule has 1 N–H and O–H groups in total. The normalized spacial score (nSPS) is 11.5. The number of nitrogens with one attached hydrogen (secondary N) is 1. The highest BCUT2D eigenvalue weighted by Gasteiger charge is 2.20. The van der Waals surface area contributed by atoms with E-state index in [9.17, 15) is 4.79 Å². The minimum Gasteiger partial charge on any atom is -0.496 e. The third-order valence-electron chi connectivity index (χ3n) is 4.46. The Kier molecular flexibility index (Phi) is 6.93. The zero-order chi connectivity index (χ0) is 20.0. The Morgan fingerprint density at radius 2 is 1.52 bits per heavy atom. The van der Waals surface area contributed by atoms with Crippen LogP contribution < -0.4 is 24.3 Å². The van der Waals surface area contributed by atoms with Crippen LogP contribution in [0.25, 0.3) is 0 Å². The summed E-state index contributed by atoms with van der Waals surface area (Å²) < 4.78 is 21.3. The summed E-state index contributed by atoms with van der Waals surface area (Å²) in [4.78, 5) is 12.8. The van der Waals surface area contributed by atoms with Crippen molar-refractivity contribution >= 4 is 5.91 Å². The van der Waals surface area contributed by atoms with Crippen LogP contribution >= 0.6 is 0 Å². The van der Waals surface area contributed by atoms with Crippen molar-refractivity contribution in [2.75, 3.05) is 28.4 Å². The van der Waals surface area contributed by atoms with Gasteiger partial charge in [-0.05, 0) is 42.7 Å². The highest BCUT2D eigenvalue weighted by Crippen LogP contribution is 2.38. The minimum atomic E-state index is -0.213. The zero-order valence-corrected chi connectivity index (χ0v) is 16.7. The Balaban J connectivity index is 2.30. The molecule has 0 aromatic heterocycles. The molecule has 146 valence electrons. The van der Waals surface area contributed by atoms with E-state index in [-0.39, 0.29) is 11.9 Å². The smallest absolute Gasteiger partial charge is 0.252 e. The van der Waals surface area contributed by atoms with Gasteiger partial charge in [0.15, 0.2) is 11.5 Å².